The number of hydrogen-bond acceptors (Lipinski definition) is 1. The fourth-order valence-electron chi connectivity index (χ4n) is 2.84. The van der Waals surface area contributed by atoms with Crippen LogP contribution in [0.4, 0.5) is 0 Å². The van der Waals surface area contributed by atoms with Gasteiger partial charge in [-0.1, -0.05) is 18.1 Å². The molecule has 1 nitrogen and oxygen atoms in total. The van der Waals surface area contributed by atoms with Crippen LogP contribution in [0.3, 0.4) is 0 Å². The van der Waals surface area contributed by atoms with Gasteiger partial charge in [0.2, 0.25) is 0 Å². The van der Waals surface area contributed by atoms with Crippen molar-refractivity contribution in [2.24, 2.45) is 11.8 Å². The molecule has 1 aliphatic carbocycles. The van der Waals surface area contributed by atoms with Crippen molar-refractivity contribution in [3.05, 3.63) is 11.1 Å². The molecule has 0 saturated heterocycles. The van der Waals surface area contributed by atoms with Gasteiger partial charge in [-0.05, 0) is 38.6 Å². The van der Waals surface area contributed by atoms with Gasteiger partial charge in [0.05, 0.1) is 0 Å². The topological polar surface area (TPSA) is 3.24 Å². The predicted molar refractivity (Wildman–Crippen MR) is 52.1 cm³/mol. The first-order chi connectivity index (χ1) is 5.68. The highest BCUT2D eigenvalue weighted by atomic mass is 15.1. The Morgan fingerprint density at radius 1 is 1.42 bits per heavy atom. The van der Waals surface area contributed by atoms with Crippen LogP contribution < -0.4 is 0 Å². The second kappa shape index (κ2) is 2.88. The summed E-state index contributed by atoms with van der Waals surface area (Å²) in [5.74, 6) is 1.82. The Kier molecular flexibility index (Phi) is 1.99. The summed E-state index contributed by atoms with van der Waals surface area (Å²) in [6.07, 6.45) is 2.80. The predicted octanol–water partition coefficient (Wildman–Crippen LogP) is 2.29. The molecule has 0 N–H and O–H groups in total. The standard InChI is InChI=1S/C11H19N/c1-8-4-5-10-9(2)6-12(3)7-11(8)10/h8,11H,4-7H2,1-3H3/t8-,11+/m1/s1. The molecular weight excluding hydrogens is 146 g/mol. The van der Waals surface area contributed by atoms with Crippen LogP contribution in [-0.2, 0) is 0 Å². The van der Waals surface area contributed by atoms with Crippen LogP contribution in [0.1, 0.15) is 26.7 Å². The normalized spacial score (nSPS) is 37.2. The Bertz CT molecular complexity index is 217. The van der Waals surface area contributed by atoms with Gasteiger partial charge in [-0.3, -0.25) is 0 Å². The van der Waals surface area contributed by atoms with Gasteiger partial charge in [0, 0.05) is 13.1 Å². The van der Waals surface area contributed by atoms with Crippen molar-refractivity contribution in [3.63, 3.8) is 0 Å². The molecule has 2 rings (SSSR count). The quantitative estimate of drug-likeness (QED) is 0.498. The van der Waals surface area contributed by atoms with Crippen LogP contribution in [-0.4, -0.2) is 25.0 Å². The molecule has 1 heteroatoms. The minimum atomic E-state index is 0.892. The van der Waals surface area contributed by atoms with E-state index in [1.807, 2.05) is 0 Å². The first-order valence-corrected chi connectivity index (χ1v) is 5.05. The molecule has 68 valence electrons. The van der Waals surface area contributed by atoms with E-state index in [1.54, 1.807) is 11.1 Å². The summed E-state index contributed by atoms with van der Waals surface area (Å²) in [5, 5.41) is 0. The van der Waals surface area contributed by atoms with Crippen molar-refractivity contribution >= 4 is 0 Å². The molecular formula is C11H19N. The van der Waals surface area contributed by atoms with Gasteiger partial charge in [-0.25, -0.2) is 0 Å². The van der Waals surface area contributed by atoms with E-state index >= 15 is 0 Å². The van der Waals surface area contributed by atoms with Crippen molar-refractivity contribution in [3.8, 4) is 0 Å². The maximum Gasteiger partial charge on any atom is 0.0190 e. The zero-order chi connectivity index (χ0) is 8.72. The smallest absolute Gasteiger partial charge is 0.0190 e. The van der Waals surface area contributed by atoms with Crippen LogP contribution in [0.15, 0.2) is 11.1 Å². The zero-order valence-corrected chi connectivity index (χ0v) is 8.43. The third-order valence-electron chi connectivity index (χ3n) is 3.57. The Balaban J connectivity index is 2.26. The van der Waals surface area contributed by atoms with Crippen LogP contribution >= 0.6 is 0 Å². The maximum atomic E-state index is 2.46. The second-order valence-corrected chi connectivity index (χ2v) is 4.62. The summed E-state index contributed by atoms with van der Waals surface area (Å²) in [7, 11) is 2.24. The fourth-order valence-corrected chi connectivity index (χ4v) is 2.84. The first kappa shape index (κ1) is 8.31. The highest BCUT2D eigenvalue weighted by Gasteiger charge is 2.32. The molecule has 0 aromatic rings. The van der Waals surface area contributed by atoms with E-state index in [2.05, 4.69) is 25.8 Å². The number of fused-ring (bicyclic) bond motifs is 1. The average molecular weight is 165 g/mol. The van der Waals surface area contributed by atoms with Gasteiger partial charge >= 0.3 is 0 Å². The third kappa shape index (κ3) is 1.20. The van der Waals surface area contributed by atoms with Gasteiger partial charge in [0.1, 0.15) is 0 Å². The summed E-state index contributed by atoms with van der Waals surface area (Å²) in [5.41, 5.74) is 3.44. The van der Waals surface area contributed by atoms with Gasteiger partial charge in [0.15, 0.2) is 0 Å². The molecule has 1 aliphatic heterocycles. The lowest BCUT2D eigenvalue weighted by Gasteiger charge is -2.31. The molecule has 0 aromatic carbocycles. The average Bonchev–Trinajstić information content (AvgIpc) is 2.33. The van der Waals surface area contributed by atoms with Crippen molar-refractivity contribution in [1.29, 1.82) is 0 Å². The minimum absolute atomic E-state index is 0.892. The summed E-state index contributed by atoms with van der Waals surface area (Å²) in [4.78, 5) is 2.46. The largest absolute Gasteiger partial charge is 0.302 e. The monoisotopic (exact) mass is 165 g/mol. The highest BCUT2D eigenvalue weighted by Crippen LogP contribution is 2.40. The summed E-state index contributed by atoms with van der Waals surface area (Å²) < 4.78 is 0. The van der Waals surface area contributed by atoms with E-state index in [1.165, 1.54) is 25.9 Å². The molecule has 12 heavy (non-hydrogen) atoms. The lowest BCUT2D eigenvalue weighted by atomic mass is 9.89. The van der Waals surface area contributed by atoms with Gasteiger partial charge in [-0.15, -0.1) is 0 Å². The number of hydrogen-bond donors (Lipinski definition) is 0. The van der Waals surface area contributed by atoms with E-state index in [4.69, 9.17) is 0 Å². The molecule has 0 bridgehead atoms. The van der Waals surface area contributed by atoms with E-state index in [0.29, 0.717) is 0 Å². The molecule has 0 unspecified atom stereocenters. The summed E-state index contributed by atoms with van der Waals surface area (Å²) >= 11 is 0. The number of nitrogens with zero attached hydrogens (tertiary/aromatic N) is 1. The van der Waals surface area contributed by atoms with Gasteiger partial charge < -0.3 is 4.90 Å². The van der Waals surface area contributed by atoms with Crippen LogP contribution in [0.2, 0.25) is 0 Å². The molecule has 1 heterocycles. The lowest BCUT2D eigenvalue weighted by molar-refractivity contribution is 0.265. The summed E-state index contributed by atoms with van der Waals surface area (Å²) in [6.45, 7) is 7.23. The lowest BCUT2D eigenvalue weighted by Crippen LogP contribution is -2.34. The van der Waals surface area contributed by atoms with Gasteiger partial charge in [-0.2, -0.15) is 0 Å². The number of rotatable bonds is 0. The molecule has 0 radical (unpaired) electrons. The van der Waals surface area contributed by atoms with E-state index in [-0.39, 0.29) is 0 Å². The minimum Gasteiger partial charge on any atom is -0.302 e. The molecule has 0 aromatic heterocycles. The molecule has 0 spiro atoms. The van der Waals surface area contributed by atoms with E-state index in [0.717, 1.165) is 11.8 Å². The van der Waals surface area contributed by atoms with Crippen LogP contribution in [0.25, 0.3) is 0 Å². The molecule has 1 saturated carbocycles. The van der Waals surface area contributed by atoms with Crippen molar-refractivity contribution < 1.29 is 0 Å². The van der Waals surface area contributed by atoms with Crippen molar-refractivity contribution in [1.82, 2.24) is 4.90 Å². The fraction of sp³-hybridized carbons (Fsp3) is 0.818. The van der Waals surface area contributed by atoms with Crippen LogP contribution in [0, 0.1) is 11.8 Å². The zero-order valence-electron chi connectivity index (χ0n) is 8.43. The Labute approximate surface area is 75.4 Å². The molecule has 1 fully saturated rings. The Morgan fingerprint density at radius 2 is 2.17 bits per heavy atom. The van der Waals surface area contributed by atoms with E-state index < -0.39 is 0 Å². The number of likely N-dealkylation sites (N-methyl/N-ethyl adjacent to an activating group) is 1. The van der Waals surface area contributed by atoms with E-state index in [9.17, 15) is 0 Å². The summed E-state index contributed by atoms with van der Waals surface area (Å²) in [6, 6.07) is 0. The Morgan fingerprint density at radius 3 is 2.92 bits per heavy atom. The van der Waals surface area contributed by atoms with Crippen molar-refractivity contribution in [2.45, 2.75) is 26.7 Å². The second-order valence-electron chi connectivity index (χ2n) is 4.62. The molecule has 2 aliphatic rings. The SMILES string of the molecule is CC1=C2CC[C@@H](C)[C@@H]2CN(C)C1. The van der Waals surface area contributed by atoms with Crippen molar-refractivity contribution in [2.75, 3.05) is 20.1 Å². The third-order valence-corrected chi connectivity index (χ3v) is 3.57. The maximum absolute atomic E-state index is 2.46. The first-order valence-electron chi connectivity index (χ1n) is 5.05. The van der Waals surface area contributed by atoms with Gasteiger partial charge in [0.25, 0.3) is 0 Å². The molecule has 2 atom stereocenters. The highest BCUT2D eigenvalue weighted by molar-refractivity contribution is 5.24. The Hall–Kier alpha value is -0.300. The van der Waals surface area contributed by atoms with Crippen LogP contribution in [0.5, 0.6) is 0 Å². The molecule has 0 amide bonds.